The number of nitrogens with zero attached hydrogens (tertiary/aromatic N) is 2. The number of piperazine rings is 1. The summed E-state index contributed by atoms with van der Waals surface area (Å²) in [6.07, 6.45) is 0. The smallest absolute Gasteiger partial charge is 0.289 e. The molecule has 0 unspecified atom stereocenters. The van der Waals surface area contributed by atoms with Gasteiger partial charge in [-0.1, -0.05) is 0 Å². The summed E-state index contributed by atoms with van der Waals surface area (Å²) < 4.78 is 25.3. The van der Waals surface area contributed by atoms with Gasteiger partial charge in [-0.15, -0.1) is 11.3 Å². The van der Waals surface area contributed by atoms with E-state index in [0.717, 1.165) is 23.4 Å². The number of ether oxygens (including phenoxy) is 1. The van der Waals surface area contributed by atoms with Crippen molar-refractivity contribution < 1.29 is 18.3 Å². The topological polar surface area (TPSA) is 45.9 Å². The number of hydrogen-bond acceptors (Lipinski definition) is 5. The van der Waals surface area contributed by atoms with Crippen LogP contribution in [0.25, 0.3) is 0 Å². The van der Waals surface area contributed by atoms with Gasteiger partial charge in [-0.3, -0.25) is 9.69 Å². The first-order valence-electron chi connectivity index (χ1n) is 9.30. The Hall–Kier alpha value is -2.16. The quantitative estimate of drug-likeness (QED) is 0.511. The zero-order chi connectivity index (χ0) is 20.2. The molecule has 3 heterocycles. The molecule has 1 aliphatic heterocycles. The van der Waals surface area contributed by atoms with Crippen LogP contribution in [0, 0.1) is 5.82 Å². The second kappa shape index (κ2) is 9.11. The summed E-state index contributed by atoms with van der Waals surface area (Å²) in [5.74, 6) is 1.01. The Morgan fingerprint density at radius 2 is 1.83 bits per heavy atom. The fourth-order valence-corrected chi connectivity index (χ4v) is 4.70. The van der Waals surface area contributed by atoms with Gasteiger partial charge in [0.25, 0.3) is 5.91 Å². The highest BCUT2D eigenvalue weighted by molar-refractivity contribution is 9.11. The average molecular weight is 479 g/mol. The van der Waals surface area contributed by atoms with Gasteiger partial charge in [0.1, 0.15) is 23.9 Å². The fraction of sp³-hybridized carbons (Fsp3) is 0.286. The van der Waals surface area contributed by atoms with Crippen molar-refractivity contribution in [2.45, 2.75) is 13.2 Å². The lowest BCUT2D eigenvalue weighted by Gasteiger charge is -2.34. The van der Waals surface area contributed by atoms with Crippen LogP contribution in [0.4, 0.5) is 4.39 Å². The molecule has 0 radical (unpaired) electrons. The second-order valence-corrected chi connectivity index (χ2v) is 9.33. The molecule has 8 heteroatoms. The van der Waals surface area contributed by atoms with E-state index in [-0.39, 0.29) is 18.3 Å². The van der Waals surface area contributed by atoms with E-state index in [9.17, 15) is 9.18 Å². The van der Waals surface area contributed by atoms with Crippen molar-refractivity contribution >= 4 is 33.2 Å². The molecule has 0 atom stereocenters. The molecule has 1 amide bonds. The van der Waals surface area contributed by atoms with E-state index < -0.39 is 0 Å². The number of carbonyl (C=O) groups is 1. The number of rotatable bonds is 6. The van der Waals surface area contributed by atoms with Crippen LogP contribution in [0.1, 0.15) is 21.2 Å². The van der Waals surface area contributed by atoms with Crippen molar-refractivity contribution in [1.29, 1.82) is 0 Å². The Morgan fingerprint density at radius 3 is 2.52 bits per heavy atom. The molecule has 0 N–H and O–H groups in total. The highest BCUT2D eigenvalue weighted by Crippen LogP contribution is 2.24. The summed E-state index contributed by atoms with van der Waals surface area (Å²) in [6.45, 7) is 4.11. The van der Waals surface area contributed by atoms with Crippen molar-refractivity contribution in [2.75, 3.05) is 26.2 Å². The Labute approximate surface area is 180 Å². The van der Waals surface area contributed by atoms with Crippen LogP contribution in [0.15, 0.2) is 56.7 Å². The molecule has 4 rings (SSSR count). The molecule has 3 aromatic rings. The maximum atomic E-state index is 12.9. The molecule has 1 aromatic carbocycles. The van der Waals surface area contributed by atoms with Crippen LogP contribution < -0.4 is 4.74 Å². The predicted octanol–water partition coefficient (Wildman–Crippen LogP) is 4.78. The molecule has 0 saturated carbocycles. The van der Waals surface area contributed by atoms with E-state index in [1.165, 1.54) is 17.0 Å². The first-order valence-corrected chi connectivity index (χ1v) is 10.9. The molecule has 152 valence electrons. The van der Waals surface area contributed by atoms with Crippen molar-refractivity contribution in [3.8, 4) is 5.75 Å². The third-order valence-corrected chi connectivity index (χ3v) is 6.34. The van der Waals surface area contributed by atoms with E-state index in [2.05, 4.69) is 33.0 Å². The number of benzene rings is 1. The van der Waals surface area contributed by atoms with E-state index in [4.69, 9.17) is 9.15 Å². The number of amides is 1. The minimum Gasteiger partial charge on any atom is -0.486 e. The van der Waals surface area contributed by atoms with Gasteiger partial charge in [-0.2, -0.15) is 0 Å². The summed E-state index contributed by atoms with van der Waals surface area (Å²) in [7, 11) is 0. The van der Waals surface area contributed by atoms with Crippen molar-refractivity contribution in [3.63, 3.8) is 0 Å². The van der Waals surface area contributed by atoms with E-state index in [0.29, 0.717) is 30.4 Å². The Morgan fingerprint density at radius 1 is 1.07 bits per heavy atom. The highest BCUT2D eigenvalue weighted by Gasteiger charge is 2.24. The lowest BCUT2D eigenvalue weighted by atomic mass is 10.2. The number of thiophene rings is 1. The Balaban J connectivity index is 1.27. The van der Waals surface area contributed by atoms with E-state index >= 15 is 0 Å². The number of furan rings is 1. The second-order valence-electron chi connectivity index (χ2n) is 6.78. The molecule has 2 aromatic heterocycles. The van der Waals surface area contributed by atoms with Crippen molar-refractivity contribution in [2.24, 2.45) is 0 Å². The molecule has 0 spiro atoms. The lowest BCUT2D eigenvalue weighted by Crippen LogP contribution is -2.48. The van der Waals surface area contributed by atoms with Crippen LogP contribution in [0.3, 0.4) is 0 Å². The van der Waals surface area contributed by atoms with Crippen LogP contribution >= 0.6 is 27.3 Å². The molecule has 29 heavy (non-hydrogen) atoms. The number of carbonyl (C=O) groups excluding carboxylic acids is 1. The highest BCUT2D eigenvalue weighted by atomic mass is 79.9. The standard InChI is InChI=1S/C21H20BrFN2O3S/c22-20-8-6-18(29-20)13-24-9-11-25(12-10-24)21(26)19-7-5-17(28-19)14-27-16-3-1-15(23)2-4-16/h1-8H,9-14H2. The van der Waals surface area contributed by atoms with Crippen LogP contribution in [0.2, 0.25) is 0 Å². The summed E-state index contributed by atoms with van der Waals surface area (Å²) in [6, 6.07) is 13.4. The normalized spacial score (nSPS) is 14.9. The minimum atomic E-state index is -0.313. The Kier molecular flexibility index (Phi) is 6.32. The lowest BCUT2D eigenvalue weighted by molar-refractivity contribution is 0.0595. The van der Waals surface area contributed by atoms with Gasteiger partial charge in [0, 0.05) is 37.6 Å². The zero-order valence-electron chi connectivity index (χ0n) is 15.6. The molecular formula is C21H20BrFN2O3S. The molecule has 0 aliphatic carbocycles. The predicted molar refractivity (Wildman–Crippen MR) is 113 cm³/mol. The monoisotopic (exact) mass is 478 g/mol. The third-order valence-electron chi connectivity index (χ3n) is 4.73. The van der Waals surface area contributed by atoms with Crippen LogP contribution in [0.5, 0.6) is 5.75 Å². The summed E-state index contributed by atoms with van der Waals surface area (Å²) >= 11 is 5.23. The molecule has 1 fully saturated rings. The van der Waals surface area contributed by atoms with Gasteiger partial charge < -0.3 is 14.1 Å². The fourth-order valence-electron chi connectivity index (χ4n) is 3.18. The maximum Gasteiger partial charge on any atom is 0.289 e. The number of halogens is 2. The summed E-state index contributed by atoms with van der Waals surface area (Å²) in [5.41, 5.74) is 0. The average Bonchev–Trinajstić information content (AvgIpc) is 3.37. The van der Waals surface area contributed by atoms with Crippen molar-refractivity contribution in [1.82, 2.24) is 9.80 Å². The maximum absolute atomic E-state index is 12.9. The molecular weight excluding hydrogens is 459 g/mol. The molecule has 0 bridgehead atoms. The van der Waals surface area contributed by atoms with Gasteiger partial charge in [-0.05, 0) is 64.5 Å². The van der Waals surface area contributed by atoms with E-state index in [1.54, 1.807) is 35.6 Å². The van der Waals surface area contributed by atoms with E-state index in [1.807, 2.05) is 4.90 Å². The summed E-state index contributed by atoms with van der Waals surface area (Å²) in [4.78, 5) is 18.2. The largest absolute Gasteiger partial charge is 0.486 e. The first-order chi connectivity index (χ1) is 14.1. The first kappa shape index (κ1) is 20.1. The van der Waals surface area contributed by atoms with Gasteiger partial charge in [0.05, 0.1) is 3.79 Å². The van der Waals surface area contributed by atoms with Gasteiger partial charge in [0.2, 0.25) is 0 Å². The molecule has 5 nitrogen and oxygen atoms in total. The SMILES string of the molecule is O=C(c1ccc(COc2ccc(F)cc2)o1)N1CCN(Cc2ccc(Br)s2)CC1. The van der Waals surface area contributed by atoms with Gasteiger partial charge in [-0.25, -0.2) is 4.39 Å². The van der Waals surface area contributed by atoms with Crippen LogP contribution in [-0.4, -0.2) is 41.9 Å². The Bertz CT molecular complexity index is 964. The van der Waals surface area contributed by atoms with Crippen molar-refractivity contribution in [3.05, 3.63) is 74.5 Å². The minimum absolute atomic E-state index is 0.100. The molecule has 1 aliphatic rings. The summed E-state index contributed by atoms with van der Waals surface area (Å²) in [5, 5.41) is 0. The molecule has 1 saturated heterocycles. The zero-order valence-corrected chi connectivity index (χ0v) is 18.0. The van der Waals surface area contributed by atoms with Gasteiger partial charge >= 0.3 is 0 Å². The third kappa shape index (κ3) is 5.26. The van der Waals surface area contributed by atoms with Crippen LogP contribution in [-0.2, 0) is 13.2 Å². The van der Waals surface area contributed by atoms with Gasteiger partial charge in [0.15, 0.2) is 5.76 Å². The number of hydrogen-bond donors (Lipinski definition) is 0.